The molecule has 0 unspecified atom stereocenters. The van der Waals surface area contributed by atoms with Crippen LogP contribution < -0.4 is 10.6 Å². The number of hydrogen-bond donors (Lipinski definition) is 2. The van der Waals surface area contributed by atoms with Crippen LogP contribution >= 0.6 is 0 Å². The van der Waals surface area contributed by atoms with Gasteiger partial charge in [-0.1, -0.05) is 64.1 Å². The van der Waals surface area contributed by atoms with E-state index in [0.29, 0.717) is 0 Å². The standard InChI is InChI=1S/C26H28F8N2O2/c1-13(2)17-11-7-9-15(5)19(17)35-21(37)23(27,28)25(31,32)26(33,34)24(29,30)22(38)36-20-16(6)10-8-12-18(20)14(3)4/h7-14H,1-6H3,(H,35,37)(H,36,38). The molecule has 38 heavy (non-hydrogen) atoms. The third-order valence-corrected chi connectivity index (χ3v) is 6.08. The maximum absolute atomic E-state index is 14.6. The molecule has 0 fully saturated rings. The molecule has 2 aromatic carbocycles. The number of aryl methyl sites for hydroxylation is 2. The molecule has 2 rings (SSSR count). The van der Waals surface area contributed by atoms with Gasteiger partial charge in [0.05, 0.1) is 0 Å². The van der Waals surface area contributed by atoms with Crippen LogP contribution in [-0.4, -0.2) is 35.5 Å². The zero-order chi connectivity index (χ0) is 29.4. The van der Waals surface area contributed by atoms with E-state index in [9.17, 15) is 44.7 Å². The number of para-hydroxylation sites is 2. The third-order valence-electron chi connectivity index (χ3n) is 6.08. The summed E-state index contributed by atoms with van der Waals surface area (Å²) >= 11 is 0. The second-order valence-electron chi connectivity index (χ2n) is 9.59. The lowest BCUT2D eigenvalue weighted by Crippen LogP contribution is -2.67. The molecule has 4 nitrogen and oxygen atoms in total. The van der Waals surface area contributed by atoms with Crippen molar-refractivity contribution >= 4 is 23.2 Å². The Morgan fingerprint density at radius 1 is 0.605 bits per heavy atom. The summed E-state index contributed by atoms with van der Waals surface area (Å²) in [7, 11) is 0. The Morgan fingerprint density at radius 3 is 1.16 bits per heavy atom. The average Bonchev–Trinajstić information content (AvgIpc) is 2.80. The lowest BCUT2D eigenvalue weighted by atomic mass is 9.95. The average molecular weight is 553 g/mol. The van der Waals surface area contributed by atoms with Crippen molar-refractivity contribution in [1.29, 1.82) is 0 Å². The lowest BCUT2D eigenvalue weighted by molar-refractivity contribution is -0.345. The number of carbonyl (C=O) groups is 2. The largest absolute Gasteiger partial charge is 0.393 e. The van der Waals surface area contributed by atoms with Crippen molar-refractivity contribution in [2.45, 2.75) is 77.1 Å². The minimum Gasteiger partial charge on any atom is -0.320 e. The molecule has 0 heterocycles. The molecule has 2 amide bonds. The van der Waals surface area contributed by atoms with Crippen molar-refractivity contribution in [2.24, 2.45) is 0 Å². The van der Waals surface area contributed by atoms with Gasteiger partial charge in [-0.25, -0.2) is 0 Å². The monoisotopic (exact) mass is 552 g/mol. The first-order valence-corrected chi connectivity index (χ1v) is 11.5. The Balaban J connectivity index is 2.46. The van der Waals surface area contributed by atoms with Gasteiger partial charge in [0.2, 0.25) is 0 Å². The van der Waals surface area contributed by atoms with Gasteiger partial charge in [0.1, 0.15) is 0 Å². The van der Waals surface area contributed by atoms with Gasteiger partial charge in [0, 0.05) is 11.4 Å². The van der Waals surface area contributed by atoms with E-state index >= 15 is 0 Å². The van der Waals surface area contributed by atoms with Crippen LogP contribution in [0.2, 0.25) is 0 Å². The van der Waals surface area contributed by atoms with E-state index in [2.05, 4.69) is 0 Å². The Labute approximate surface area is 214 Å². The molecule has 0 atom stereocenters. The Morgan fingerprint density at radius 2 is 0.895 bits per heavy atom. The molecule has 0 spiro atoms. The third kappa shape index (κ3) is 5.22. The molecular weight excluding hydrogens is 524 g/mol. The Bertz CT molecular complexity index is 1120. The zero-order valence-corrected chi connectivity index (χ0v) is 21.5. The van der Waals surface area contributed by atoms with Crippen molar-refractivity contribution in [3.63, 3.8) is 0 Å². The Hall–Kier alpha value is -3.18. The van der Waals surface area contributed by atoms with Crippen LogP contribution in [0, 0.1) is 13.8 Å². The number of rotatable bonds is 9. The number of alkyl halides is 8. The molecule has 0 aliphatic heterocycles. The molecule has 210 valence electrons. The summed E-state index contributed by atoms with van der Waals surface area (Å²) < 4.78 is 117. The first kappa shape index (κ1) is 31.0. The fraction of sp³-hybridized carbons (Fsp3) is 0.462. The molecular formula is C26H28F8N2O2. The van der Waals surface area contributed by atoms with Gasteiger partial charge >= 0.3 is 35.5 Å². The van der Waals surface area contributed by atoms with E-state index in [1.807, 2.05) is 0 Å². The van der Waals surface area contributed by atoms with Gasteiger partial charge in [-0.15, -0.1) is 0 Å². The molecule has 0 saturated heterocycles. The smallest absolute Gasteiger partial charge is 0.320 e. The van der Waals surface area contributed by atoms with E-state index in [-0.39, 0.29) is 33.6 Å². The van der Waals surface area contributed by atoms with Gasteiger partial charge in [-0.05, 0) is 47.9 Å². The fourth-order valence-corrected chi connectivity index (χ4v) is 3.75. The molecule has 2 N–H and O–H groups in total. The first-order chi connectivity index (χ1) is 17.2. The minimum absolute atomic E-state index is 0.138. The van der Waals surface area contributed by atoms with E-state index < -0.39 is 47.3 Å². The summed E-state index contributed by atoms with van der Waals surface area (Å²) in [6, 6.07) is 8.41. The van der Waals surface area contributed by atoms with Crippen molar-refractivity contribution in [2.75, 3.05) is 10.6 Å². The number of amides is 2. The van der Waals surface area contributed by atoms with E-state index in [0.717, 1.165) is 0 Å². The number of benzene rings is 2. The molecule has 0 bridgehead atoms. The van der Waals surface area contributed by atoms with Gasteiger partial charge in [0.25, 0.3) is 0 Å². The second kappa shape index (κ2) is 10.5. The molecule has 2 aromatic rings. The highest BCUT2D eigenvalue weighted by Crippen LogP contribution is 2.53. The summed E-state index contributed by atoms with van der Waals surface area (Å²) in [5.74, 6) is -33.3. The number of halogens is 8. The van der Waals surface area contributed by atoms with Crippen molar-refractivity contribution in [3.05, 3.63) is 58.7 Å². The normalized spacial score (nSPS) is 13.2. The summed E-state index contributed by atoms with van der Waals surface area (Å²) in [5, 5.41) is 2.96. The number of nitrogens with one attached hydrogen (secondary N) is 2. The highest BCUT2D eigenvalue weighted by Gasteiger charge is 2.84. The quantitative estimate of drug-likeness (QED) is 0.314. The van der Waals surface area contributed by atoms with Crippen LogP contribution in [0.1, 0.15) is 61.8 Å². The maximum atomic E-state index is 14.6. The van der Waals surface area contributed by atoms with Crippen LogP contribution in [0.3, 0.4) is 0 Å². The number of carbonyl (C=O) groups excluding carboxylic acids is 2. The SMILES string of the molecule is Cc1cccc(C(C)C)c1NC(=O)C(F)(F)C(F)(F)C(F)(F)C(F)(F)C(=O)Nc1c(C)cccc1C(C)C. The molecule has 0 aliphatic carbocycles. The highest BCUT2D eigenvalue weighted by atomic mass is 19.4. The zero-order valence-electron chi connectivity index (χ0n) is 21.5. The van der Waals surface area contributed by atoms with Crippen molar-refractivity contribution in [1.82, 2.24) is 0 Å². The molecule has 0 radical (unpaired) electrons. The van der Waals surface area contributed by atoms with Crippen LogP contribution in [0.15, 0.2) is 36.4 Å². The van der Waals surface area contributed by atoms with Crippen LogP contribution in [0.4, 0.5) is 46.5 Å². The van der Waals surface area contributed by atoms with E-state index in [1.54, 1.807) is 27.7 Å². The summed E-state index contributed by atoms with van der Waals surface area (Å²) in [4.78, 5) is 24.4. The van der Waals surface area contributed by atoms with Gasteiger partial charge < -0.3 is 10.6 Å². The van der Waals surface area contributed by atoms with E-state index in [1.165, 1.54) is 60.9 Å². The van der Waals surface area contributed by atoms with Gasteiger partial charge in [-0.2, -0.15) is 35.1 Å². The Kier molecular flexibility index (Phi) is 8.60. The second-order valence-corrected chi connectivity index (χ2v) is 9.59. The molecule has 0 aliphatic rings. The number of anilines is 2. The minimum atomic E-state index is -6.97. The molecule has 0 saturated carbocycles. The maximum Gasteiger partial charge on any atom is 0.393 e. The van der Waals surface area contributed by atoms with Crippen LogP contribution in [0.5, 0.6) is 0 Å². The van der Waals surface area contributed by atoms with Crippen LogP contribution in [0.25, 0.3) is 0 Å². The predicted molar refractivity (Wildman–Crippen MR) is 128 cm³/mol. The number of hydrogen-bond acceptors (Lipinski definition) is 2. The fourth-order valence-electron chi connectivity index (χ4n) is 3.75. The van der Waals surface area contributed by atoms with Crippen molar-refractivity contribution in [3.8, 4) is 0 Å². The topological polar surface area (TPSA) is 58.2 Å². The van der Waals surface area contributed by atoms with E-state index in [4.69, 9.17) is 0 Å². The van der Waals surface area contributed by atoms with Crippen LogP contribution in [-0.2, 0) is 9.59 Å². The predicted octanol–water partition coefficient (Wildman–Crippen LogP) is 7.67. The summed E-state index contributed by atoms with van der Waals surface area (Å²) in [6.07, 6.45) is 0. The van der Waals surface area contributed by atoms with Gasteiger partial charge in [-0.3, -0.25) is 9.59 Å². The first-order valence-electron chi connectivity index (χ1n) is 11.5. The highest BCUT2D eigenvalue weighted by molar-refractivity contribution is 6.00. The molecule has 12 heteroatoms. The lowest BCUT2D eigenvalue weighted by Gasteiger charge is -2.35. The van der Waals surface area contributed by atoms with Crippen molar-refractivity contribution < 1.29 is 44.7 Å². The summed E-state index contributed by atoms with van der Waals surface area (Å²) in [5.41, 5.74) is 0.00742. The molecule has 0 aromatic heterocycles. The van der Waals surface area contributed by atoms with Gasteiger partial charge in [0.15, 0.2) is 0 Å². The summed E-state index contributed by atoms with van der Waals surface area (Å²) in [6.45, 7) is 9.02.